The first-order valence-corrected chi connectivity index (χ1v) is 5.37. The average Bonchev–Trinajstić information content (AvgIpc) is 2.03. The van der Waals surface area contributed by atoms with Gasteiger partial charge in [-0.05, 0) is 0 Å². The van der Waals surface area contributed by atoms with E-state index in [1.165, 1.54) is 12.1 Å². The minimum absolute atomic E-state index is 0.0764. The van der Waals surface area contributed by atoms with Crippen molar-refractivity contribution in [2.45, 2.75) is 0 Å². The SMILES string of the molecule is O=C(c1ccccc1)S(=O)(=O)Cl. The first kappa shape index (κ1) is 9.22. The molecule has 0 aromatic heterocycles. The van der Waals surface area contributed by atoms with Crippen molar-refractivity contribution < 1.29 is 13.2 Å². The zero-order valence-electron chi connectivity index (χ0n) is 5.90. The summed E-state index contributed by atoms with van der Waals surface area (Å²) in [7, 11) is 0.718. The molecule has 1 aromatic carbocycles. The molecule has 0 unspecified atom stereocenters. The summed E-state index contributed by atoms with van der Waals surface area (Å²) < 4.78 is 21.1. The highest BCUT2D eigenvalue weighted by Gasteiger charge is 2.19. The first-order chi connectivity index (χ1) is 5.52. The van der Waals surface area contributed by atoms with Crippen LogP contribution in [0.3, 0.4) is 0 Å². The maximum atomic E-state index is 10.9. The van der Waals surface area contributed by atoms with E-state index in [2.05, 4.69) is 0 Å². The Morgan fingerprint density at radius 1 is 1.17 bits per heavy atom. The van der Waals surface area contributed by atoms with E-state index in [0.29, 0.717) is 0 Å². The maximum absolute atomic E-state index is 10.9. The van der Waals surface area contributed by atoms with E-state index in [-0.39, 0.29) is 5.56 Å². The van der Waals surface area contributed by atoms with Crippen molar-refractivity contribution in [2.75, 3.05) is 0 Å². The summed E-state index contributed by atoms with van der Waals surface area (Å²) in [6, 6.07) is 7.59. The van der Waals surface area contributed by atoms with Crippen LogP contribution in [0.25, 0.3) is 0 Å². The van der Waals surface area contributed by atoms with Gasteiger partial charge in [0.05, 0.1) is 0 Å². The number of hydrogen-bond acceptors (Lipinski definition) is 3. The van der Waals surface area contributed by atoms with Crippen LogP contribution >= 0.6 is 10.7 Å². The van der Waals surface area contributed by atoms with E-state index < -0.39 is 14.2 Å². The van der Waals surface area contributed by atoms with Gasteiger partial charge < -0.3 is 0 Å². The predicted octanol–water partition coefficient (Wildman–Crippen LogP) is 1.40. The summed E-state index contributed by atoms with van der Waals surface area (Å²) in [5.41, 5.74) is 0.0764. The van der Waals surface area contributed by atoms with Gasteiger partial charge in [0.1, 0.15) is 0 Å². The van der Waals surface area contributed by atoms with Crippen LogP contribution in [0, 0.1) is 0 Å². The second-order valence-electron chi connectivity index (χ2n) is 2.09. The molecule has 0 saturated carbocycles. The number of benzene rings is 1. The lowest BCUT2D eigenvalue weighted by molar-refractivity contribution is 0.107. The van der Waals surface area contributed by atoms with Crippen LogP contribution in [0.15, 0.2) is 30.3 Å². The number of rotatable bonds is 1. The minimum Gasteiger partial charge on any atom is -0.275 e. The van der Waals surface area contributed by atoms with Gasteiger partial charge in [0.2, 0.25) is 0 Å². The molecular formula is C7H5ClO3S. The van der Waals surface area contributed by atoms with Crippen LogP contribution in [0.1, 0.15) is 10.4 Å². The fourth-order valence-corrected chi connectivity index (χ4v) is 1.40. The second-order valence-corrected chi connectivity index (χ2v) is 4.56. The number of carbonyl (C=O) groups excluding carboxylic acids is 1. The third-order valence-electron chi connectivity index (χ3n) is 1.23. The Kier molecular flexibility index (Phi) is 2.49. The molecule has 0 fully saturated rings. The van der Waals surface area contributed by atoms with Crippen molar-refractivity contribution in [3.05, 3.63) is 35.9 Å². The van der Waals surface area contributed by atoms with E-state index in [4.69, 9.17) is 10.7 Å². The highest BCUT2D eigenvalue weighted by atomic mass is 35.7. The average molecular weight is 205 g/mol. The molecule has 0 heterocycles. The zero-order chi connectivity index (χ0) is 9.19. The van der Waals surface area contributed by atoms with E-state index >= 15 is 0 Å². The third-order valence-corrected chi connectivity index (χ3v) is 2.33. The molecule has 0 spiro atoms. The van der Waals surface area contributed by atoms with Crippen molar-refractivity contribution in [3.63, 3.8) is 0 Å². The summed E-state index contributed by atoms with van der Waals surface area (Å²) in [4.78, 5) is 10.9. The van der Waals surface area contributed by atoms with Gasteiger partial charge in [-0.15, -0.1) is 0 Å². The molecule has 0 aliphatic rings. The van der Waals surface area contributed by atoms with Gasteiger partial charge in [0.25, 0.3) is 14.2 Å². The van der Waals surface area contributed by atoms with Gasteiger partial charge in [0, 0.05) is 16.2 Å². The number of halogens is 1. The Morgan fingerprint density at radius 3 is 2.08 bits per heavy atom. The lowest BCUT2D eigenvalue weighted by Crippen LogP contribution is -2.07. The van der Waals surface area contributed by atoms with Crippen LogP contribution in [-0.4, -0.2) is 13.5 Å². The van der Waals surface area contributed by atoms with Gasteiger partial charge in [0.15, 0.2) is 0 Å². The van der Waals surface area contributed by atoms with Crippen molar-refractivity contribution in [3.8, 4) is 0 Å². The molecule has 64 valence electrons. The Balaban J connectivity index is 3.11. The fourth-order valence-electron chi connectivity index (χ4n) is 0.715. The van der Waals surface area contributed by atoms with Gasteiger partial charge >= 0.3 is 0 Å². The van der Waals surface area contributed by atoms with Crippen molar-refractivity contribution in [1.29, 1.82) is 0 Å². The molecular weight excluding hydrogens is 200 g/mol. The van der Waals surface area contributed by atoms with Crippen molar-refractivity contribution in [2.24, 2.45) is 0 Å². The Labute approximate surface area is 74.4 Å². The highest BCUT2D eigenvalue weighted by Crippen LogP contribution is 2.08. The summed E-state index contributed by atoms with van der Waals surface area (Å²) in [5.74, 6) is 0. The Morgan fingerprint density at radius 2 is 1.67 bits per heavy atom. The lowest BCUT2D eigenvalue weighted by atomic mass is 10.2. The summed E-state index contributed by atoms with van der Waals surface area (Å²) in [6.07, 6.45) is 0. The standard InChI is InChI=1S/C7H5ClO3S/c8-12(10,11)7(9)6-4-2-1-3-5-6/h1-5H. The first-order valence-electron chi connectivity index (χ1n) is 3.06. The topological polar surface area (TPSA) is 51.2 Å². The Hall–Kier alpha value is -0.870. The lowest BCUT2D eigenvalue weighted by Gasteiger charge is -1.93. The molecule has 0 radical (unpaired) electrons. The smallest absolute Gasteiger partial charge is 0.275 e. The van der Waals surface area contributed by atoms with E-state index in [9.17, 15) is 13.2 Å². The molecule has 0 atom stereocenters. The molecule has 1 rings (SSSR count). The number of hydrogen-bond donors (Lipinski definition) is 0. The largest absolute Gasteiger partial charge is 0.299 e. The zero-order valence-corrected chi connectivity index (χ0v) is 7.47. The molecule has 3 nitrogen and oxygen atoms in total. The van der Waals surface area contributed by atoms with Crippen LogP contribution < -0.4 is 0 Å². The summed E-state index contributed by atoms with van der Waals surface area (Å²) in [5, 5.41) is -1.07. The van der Waals surface area contributed by atoms with Crippen molar-refractivity contribution >= 4 is 24.8 Å². The fraction of sp³-hybridized carbons (Fsp3) is 0. The van der Waals surface area contributed by atoms with Crippen molar-refractivity contribution in [1.82, 2.24) is 0 Å². The highest BCUT2D eigenvalue weighted by molar-refractivity contribution is 8.25. The monoisotopic (exact) mass is 204 g/mol. The van der Waals surface area contributed by atoms with Gasteiger partial charge in [-0.2, -0.15) is 0 Å². The van der Waals surface area contributed by atoms with E-state index in [0.717, 1.165) is 0 Å². The van der Waals surface area contributed by atoms with Gasteiger partial charge in [-0.3, -0.25) is 4.79 Å². The predicted molar refractivity (Wildman–Crippen MR) is 45.5 cm³/mol. The molecule has 12 heavy (non-hydrogen) atoms. The van der Waals surface area contributed by atoms with E-state index in [1.54, 1.807) is 18.2 Å². The molecule has 5 heteroatoms. The normalized spacial score (nSPS) is 11.1. The quantitative estimate of drug-likeness (QED) is 0.650. The third kappa shape index (κ3) is 2.06. The maximum Gasteiger partial charge on any atom is 0.299 e. The van der Waals surface area contributed by atoms with Crippen LogP contribution in [0.4, 0.5) is 0 Å². The molecule has 0 aliphatic carbocycles. The van der Waals surface area contributed by atoms with Crippen LogP contribution in [0.5, 0.6) is 0 Å². The molecule has 1 aromatic rings. The van der Waals surface area contributed by atoms with Gasteiger partial charge in [-0.1, -0.05) is 30.3 Å². The van der Waals surface area contributed by atoms with Crippen LogP contribution in [-0.2, 0) is 9.05 Å². The second kappa shape index (κ2) is 3.25. The van der Waals surface area contributed by atoms with Gasteiger partial charge in [-0.25, -0.2) is 8.42 Å². The van der Waals surface area contributed by atoms with Crippen LogP contribution in [0.2, 0.25) is 0 Å². The summed E-state index contributed by atoms with van der Waals surface area (Å²) >= 11 is 0. The summed E-state index contributed by atoms with van der Waals surface area (Å²) in [6.45, 7) is 0. The minimum atomic E-state index is -4.12. The Bertz CT molecular complexity index is 382. The number of carbonyl (C=O) groups is 1. The molecule has 0 bridgehead atoms. The van der Waals surface area contributed by atoms with E-state index in [1.807, 2.05) is 0 Å². The molecule has 0 aliphatic heterocycles. The molecule has 0 saturated heterocycles. The molecule has 0 amide bonds. The molecule has 0 N–H and O–H groups in total.